The maximum Gasteiger partial charge on any atom is 0.416 e. The Morgan fingerprint density at radius 3 is 2.40 bits per heavy atom. The first-order valence-electron chi connectivity index (χ1n) is 6.51. The van der Waals surface area contributed by atoms with Gasteiger partial charge in [0.2, 0.25) is 0 Å². The number of alkyl halides is 3. The molecule has 0 unspecified atom stereocenters. The van der Waals surface area contributed by atoms with E-state index in [0.29, 0.717) is 12.5 Å². The molecule has 1 aliphatic carbocycles. The lowest BCUT2D eigenvalue weighted by atomic mass is 9.87. The molecule has 0 saturated heterocycles. The minimum atomic E-state index is -4.32. The van der Waals surface area contributed by atoms with E-state index in [1.54, 1.807) is 6.07 Å². The molecule has 0 heterocycles. The van der Waals surface area contributed by atoms with Gasteiger partial charge in [-0.15, -0.1) is 12.4 Å². The third-order valence-electron chi connectivity index (χ3n) is 3.54. The number of halogens is 4. The summed E-state index contributed by atoms with van der Waals surface area (Å²) in [6.45, 7) is 0.466. The summed E-state index contributed by atoms with van der Waals surface area (Å²) in [4.78, 5) is 0. The van der Waals surface area contributed by atoms with Gasteiger partial charge in [-0.2, -0.15) is 13.2 Å². The minimum Gasteiger partial charge on any atom is -0.493 e. The molecular formula is C14H19ClF3NO. The highest BCUT2D eigenvalue weighted by Crippen LogP contribution is 2.31. The number of nitrogens with two attached hydrogens (primary N) is 1. The van der Waals surface area contributed by atoms with Gasteiger partial charge in [0.05, 0.1) is 12.2 Å². The largest absolute Gasteiger partial charge is 0.493 e. The van der Waals surface area contributed by atoms with Crippen molar-refractivity contribution in [2.75, 3.05) is 6.61 Å². The molecule has 2 rings (SSSR count). The van der Waals surface area contributed by atoms with Crippen LogP contribution in [0, 0.1) is 5.92 Å². The molecule has 0 atom stereocenters. The standard InChI is InChI=1S/C14H18F3NO.ClH/c15-14(16,17)11-2-1-3-13(8-11)19-9-10-4-6-12(18)7-5-10;/h1-3,8,10,12H,4-7,9,18H2;1H. The third-order valence-corrected chi connectivity index (χ3v) is 3.54. The van der Waals surface area contributed by atoms with Gasteiger partial charge in [0, 0.05) is 6.04 Å². The van der Waals surface area contributed by atoms with Crippen LogP contribution in [0.4, 0.5) is 13.2 Å². The van der Waals surface area contributed by atoms with E-state index in [1.165, 1.54) is 6.07 Å². The Hall–Kier alpha value is -0.940. The second-order valence-corrected chi connectivity index (χ2v) is 5.12. The van der Waals surface area contributed by atoms with Crippen molar-refractivity contribution >= 4 is 12.4 Å². The lowest BCUT2D eigenvalue weighted by Crippen LogP contribution is -2.28. The van der Waals surface area contributed by atoms with Crippen molar-refractivity contribution < 1.29 is 17.9 Å². The van der Waals surface area contributed by atoms with Gasteiger partial charge >= 0.3 is 6.18 Å². The fourth-order valence-corrected chi connectivity index (χ4v) is 2.33. The maximum absolute atomic E-state index is 12.5. The molecule has 1 saturated carbocycles. The number of ether oxygens (including phenoxy) is 1. The van der Waals surface area contributed by atoms with Crippen LogP contribution in [0.3, 0.4) is 0 Å². The van der Waals surface area contributed by atoms with Gasteiger partial charge in [-0.25, -0.2) is 0 Å². The molecule has 20 heavy (non-hydrogen) atoms. The van der Waals surface area contributed by atoms with Crippen LogP contribution in [-0.4, -0.2) is 12.6 Å². The normalized spacial score (nSPS) is 23.0. The van der Waals surface area contributed by atoms with Crippen molar-refractivity contribution in [3.63, 3.8) is 0 Å². The molecule has 0 aliphatic heterocycles. The van der Waals surface area contributed by atoms with Gasteiger partial charge < -0.3 is 10.5 Å². The van der Waals surface area contributed by atoms with Crippen LogP contribution in [0.15, 0.2) is 24.3 Å². The van der Waals surface area contributed by atoms with Crippen molar-refractivity contribution in [2.45, 2.75) is 37.9 Å². The molecule has 2 nitrogen and oxygen atoms in total. The minimum absolute atomic E-state index is 0. The third kappa shape index (κ3) is 4.87. The summed E-state index contributed by atoms with van der Waals surface area (Å²) >= 11 is 0. The molecule has 114 valence electrons. The Kier molecular flexibility index (Phi) is 6.14. The van der Waals surface area contributed by atoms with E-state index in [2.05, 4.69) is 0 Å². The summed E-state index contributed by atoms with van der Waals surface area (Å²) in [6, 6.07) is 5.30. The lowest BCUT2D eigenvalue weighted by Gasteiger charge is -2.26. The quantitative estimate of drug-likeness (QED) is 0.915. The second kappa shape index (κ2) is 7.18. The first kappa shape index (κ1) is 17.1. The Balaban J connectivity index is 0.00000200. The second-order valence-electron chi connectivity index (χ2n) is 5.12. The van der Waals surface area contributed by atoms with Crippen molar-refractivity contribution in [3.8, 4) is 5.75 Å². The van der Waals surface area contributed by atoms with Crippen molar-refractivity contribution in [3.05, 3.63) is 29.8 Å². The summed E-state index contributed by atoms with van der Waals surface area (Å²) in [5, 5.41) is 0. The van der Waals surface area contributed by atoms with Gasteiger partial charge in [-0.05, 0) is 49.8 Å². The van der Waals surface area contributed by atoms with Gasteiger partial charge in [0.1, 0.15) is 5.75 Å². The maximum atomic E-state index is 12.5. The average molecular weight is 310 g/mol. The molecule has 0 amide bonds. The SMILES string of the molecule is Cl.NC1CCC(COc2cccc(C(F)(F)F)c2)CC1. The van der Waals surface area contributed by atoms with E-state index < -0.39 is 11.7 Å². The molecule has 0 spiro atoms. The van der Waals surface area contributed by atoms with Crippen LogP contribution < -0.4 is 10.5 Å². The van der Waals surface area contributed by atoms with Crippen LogP contribution in [0.25, 0.3) is 0 Å². The topological polar surface area (TPSA) is 35.2 Å². The van der Waals surface area contributed by atoms with E-state index in [4.69, 9.17) is 10.5 Å². The van der Waals surface area contributed by atoms with Crippen LogP contribution in [-0.2, 0) is 6.18 Å². The zero-order chi connectivity index (χ0) is 13.9. The molecule has 1 fully saturated rings. The van der Waals surface area contributed by atoms with E-state index >= 15 is 0 Å². The molecule has 0 radical (unpaired) electrons. The van der Waals surface area contributed by atoms with E-state index in [1.807, 2.05) is 0 Å². The monoisotopic (exact) mass is 309 g/mol. The average Bonchev–Trinajstić information content (AvgIpc) is 2.37. The molecule has 1 aliphatic rings. The van der Waals surface area contributed by atoms with Crippen molar-refractivity contribution in [1.29, 1.82) is 0 Å². The molecular weight excluding hydrogens is 291 g/mol. The molecule has 1 aromatic rings. The van der Waals surface area contributed by atoms with E-state index in [0.717, 1.165) is 37.8 Å². The highest BCUT2D eigenvalue weighted by Gasteiger charge is 2.30. The van der Waals surface area contributed by atoms with Crippen LogP contribution >= 0.6 is 12.4 Å². The molecule has 0 bridgehead atoms. The first-order valence-corrected chi connectivity index (χ1v) is 6.51. The summed E-state index contributed by atoms with van der Waals surface area (Å²) in [6.07, 6.45) is -0.412. The van der Waals surface area contributed by atoms with Crippen LogP contribution in [0.1, 0.15) is 31.2 Å². The Morgan fingerprint density at radius 2 is 1.80 bits per heavy atom. The number of benzene rings is 1. The highest BCUT2D eigenvalue weighted by molar-refractivity contribution is 5.85. The van der Waals surface area contributed by atoms with Crippen LogP contribution in [0.5, 0.6) is 5.75 Å². The summed E-state index contributed by atoms with van der Waals surface area (Å²) in [7, 11) is 0. The predicted octanol–water partition coefficient (Wildman–Crippen LogP) is 4.02. The van der Waals surface area contributed by atoms with Gasteiger partial charge in [0.25, 0.3) is 0 Å². The zero-order valence-electron chi connectivity index (χ0n) is 11.0. The van der Waals surface area contributed by atoms with Gasteiger partial charge in [-0.1, -0.05) is 6.07 Å². The van der Waals surface area contributed by atoms with Gasteiger partial charge in [-0.3, -0.25) is 0 Å². The molecule has 6 heteroatoms. The highest BCUT2D eigenvalue weighted by atomic mass is 35.5. The number of hydrogen-bond acceptors (Lipinski definition) is 2. The summed E-state index contributed by atoms with van der Waals surface area (Å²) in [5.41, 5.74) is 5.14. The smallest absolute Gasteiger partial charge is 0.416 e. The Labute approximate surface area is 122 Å². The van der Waals surface area contributed by atoms with Crippen molar-refractivity contribution in [1.82, 2.24) is 0 Å². The van der Waals surface area contributed by atoms with Crippen molar-refractivity contribution in [2.24, 2.45) is 11.7 Å². The number of rotatable bonds is 3. The van der Waals surface area contributed by atoms with E-state index in [-0.39, 0.29) is 24.2 Å². The molecule has 1 aromatic carbocycles. The van der Waals surface area contributed by atoms with Crippen LogP contribution in [0.2, 0.25) is 0 Å². The van der Waals surface area contributed by atoms with Gasteiger partial charge in [0.15, 0.2) is 0 Å². The fraction of sp³-hybridized carbons (Fsp3) is 0.571. The fourth-order valence-electron chi connectivity index (χ4n) is 2.33. The predicted molar refractivity (Wildman–Crippen MR) is 74.1 cm³/mol. The van der Waals surface area contributed by atoms with E-state index in [9.17, 15) is 13.2 Å². The summed E-state index contributed by atoms with van der Waals surface area (Å²) < 4.78 is 43.1. The zero-order valence-corrected chi connectivity index (χ0v) is 11.8. The Morgan fingerprint density at radius 1 is 1.15 bits per heavy atom. The summed E-state index contributed by atoms with van der Waals surface area (Å²) in [5.74, 6) is 0.680. The molecule has 0 aromatic heterocycles. The Bertz CT molecular complexity index is 417. The lowest BCUT2D eigenvalue weighted by molar-refractivity contribution is -0.137. The number of hydrogen-bond donors (Lipinski definition) is 1. The molecule has 2 N–H and O–H groups in total. The first-order chi connectivity index (χ1) is 8.95.